The molecule has 0 bridgehead atoms. The number of carbonyl (C=O) groups excluding carboxylic acids is 1. The first kappa shape index (κ1) is 19.4. The van der Waals surface area contributed by atoms with Gasteiger partial charge in [0.05, 0.1) is 4.90 Å². The Bertz CT molecular complexity index is 1110. The lowest BCUT2D eigenvalue weighted by Gasteiger charge is -2.34. The van der Waals surface area contributed by atoms with Crippen LogP contribution in [0.15, 0.2) is 77.7 Å². The number of piperazine rings is 1. The van der Waals surface area contributed by atoms with Crippen molar-refractivity contribution in [3.63, 3.8) is 0 Å². The number of benzene rings is 3. The monoisotopic (exact) mass is 410 g/mol. The summed E-state index contributed by atoms with van der Waals surface area (Å²) in [6, 6.07) is 22.0. The highest BCUT2D eigenvalue weighted by atomic mass is 32.2. The van der Waals surface area contributed by atoms with Crippen molar-refractivity contribution in [3.8, 4) is 5.75 Å². The van der Waals surface area contributed by atoms with E-state index >= 15 is 0 Å². The minimum Gasteiger partial charge on any atom is -0.484 e. The highest BCUT2D eigenvalue weighted by Gasteiger charge is 2.30. The minimum absolute atomic E-state index is 0.0657. The van der Waals surface area contributed by atoms with Crippen molar-refractivity contribution in [2.24, 2.45) is 0 Å². The SMILES string of the molecule is O=C(COc1ccc2ccccc2c1)N1CCN(S(=O)(=O)c2ccccc2)CC1. The van der Waals surface area contributed by atoms with E-state index in [1.165, 1.54) is 4.31 Å². The second-order valence-electron chi connectivity index (χ2n) is 6.90. The van der Waals surface area contributed by atoms with E-state index in [0.29, 0.717) is 18.8 Å². The van der Waals surface area contributed by atoms with E-state index in [4.69, 9.17) is 4.74 Å². The summed E-state index contributed by atoms with van der Waals surface area (Å²) in [6.07, 6.45) is 0. The van der Waals surface area contributed by atoms with Crippen LogP contribution in [0.2, 0.25) is 0 Å². The van der Waals surface area contributed by atoms with Gasteiger partial charge >= 0.3 is 0 Å². The third kappa shape index (κ3) is 4.26. The lowest BCUT2D eigenvalue weighted by Crippen LogP contribution is -2.51. The van der Waals surface area contributed by atoms with Gasteiger partial charge in [-0.2, -0.15) is 4.31 Å². The molecular weight excluding hydrogens is 388 g/mol. The molecule has 1 heterocycles. The summed E-state index contributed by atoms with van der Waals surface area (Å²) in [5, 5.41) is 2.17. The van der Waals surface area contributed by atoms with Gasteiger partial charge in [-0.3, -0.25) is 4.79 Å². The zero-order chi connectivity index (χ0) is 20.3. The van der Waals surface area contributed by atoms with Gasteiger partial charge in [-0.1, -0.05) is 48.5 Å². The molecule has 0 radical (unpaired) electrons. The fourth-order valence-electron chi connectivity index (χ4n) is 3.41. The van der Waals surface area contributed by atoms with Crippen LogP contribution < -0.4 is 4.74 Å². The Hall–Kier alpha value is -2.90. The van der Waals surface area contributed by atoms with Crippen LogP contribution in [0.4, 0.5) is 0 Å². The maximum Gasteiger partial charge on any atom is 0.260 e. The molecule has 0 unspecified atom stereocenters. The topological polar surface area (TPSA) is 66.9 Å². The van der Waals surface area contributed by atoms with E-state index in [1.807, 2.05) is 42.5 Å². The highest BCUT2D eigenvalue weighted by Crippen LogP contribution is 2.21. The number of hydrogen-bond donors (Lipinski definition) is 0. The smallest absolute Gasteiger partial charge is 0.260 e. The predicted molar refractivity (Wildman–Crippen MR) is 111 cm³/mol. The molecule has 0 spiro atoms. The Morgan fingerprint density at radius 3 is 2.21 bits per heavy atom. The average molecular weight is 410 g/mol. The van der Waals surface area contributed by atoms with Gasteiger partial charge in [0, 0.05) is 26.2 Å². The van der Waals surface area contributed by atoms with Crippen LogP contribution in [0.3, 0.4) is 0 Å². The maximum atomic E-state index is 12.7. The number of carbonyl (C=O) groups is 1. The maximum absolute atomic E-state index is 12.7. The van der Waals surface area contributed by atoms with E-state index in [9.17, 15) is 13.2 Å². The van der Waals surface area contributed by atoms with Gasteiger partial charge in [-0.15, -0.1) is 0 Å². The number of nitrogens with zero attached hydrogens (tertiary/aromatic N) is 2. The fraction of sp³-hybridized carbons (Fsp3) is 0.227. The van der Waals surface area contributed by atoms with E-state index < -0.39 is 10.0 Å². The highest BCUT2D eigenvalue weighted by molar-refractivity contribution is 7.89. The molecule has 4 rings (SSSR count). The molecule has 1 aliphatic heterocycles. The second-order valence-corrected chi connectivity index (χ2v) is 8.83. The van der Waals surface area contributed by atoms with Crippen molar-refractivity contribution >= 4 is 26.7 Å². The van der Waals surface area contributed by atoms with Gasteiger partial charge < -0.3 is 9.64 Å². The Balaban J connectivity index is 1.33. The van der Waals surface area contributed by atoms with Crippen LogP contribution in [-0.4, -0.2) is 56.3 Å². The number of hydrogen-bond acceptors (Lipinski definition) is 4. The van der Waals surface area contributed by atoms with Gasteiger partial charge in [0.1, 0.15) is 5.75 Å². The van der Waals surface area contributed by atoms with Crippen LogP contribution in [0.25, 0.3) is 10.8 Å². The Morgan fingerprint density at radius 2 is 1.48 bits per heavy atom. The zero-order valence-corrected chi connectivity index (χ0v) is 16.7. The van der Waals surface area contributed by atoms with Gasteiger partial charge in [-0.05, 0) is 35.0 Å². The third-order valence-corrected chi connectivity index (χ3v) is 6.97. The normalized spacial score (nSPS) is 15.4. The van der Waals surface area contributed by atoms with Crippen LogP contribution in [0.5, 0.6) is 5.75 Å². The summed E-state index contributed by atoms with van der Waals surface area (Å²) in [7, 11) is -3.52. The zero-order valence-electron chi connectivity index (χ0n) is 15.9. The fourth-order valence-corrected chi connectivity index (χ4v) is 4.86. The molecule has 7 heteroatoms. The summed E-state index contributed by atoms with van der Waals surface area (Å²) in [4.78, 5) is 14.4. The van der Waals surface area contributed by atoms with Gasteiger partial charge in [0.2, 0.25) is 10.0 Å². The summed E-state index contributed by atoms with van der Waals surface area (Å²) < 4.78 is 32.5. The van der Waals surface area contributed by atoms with E-state index in [1.54, 1.807) is 35.2 Å². The summed E-state index contributed by atoms with van der Waals surface area (Å²) in [5.74, 6) is 0.497. The summed E-state index contributed by atoms with van der Waals surface area (Å²) in [6.45, 7) is 1.19. The molecule has 0 aromatic heterocycles. The number of rotatable bonds is 5. The molecule has 0 atom stereocenters. The quantitative estimate of drug-likeness (QED) is 0.649. The summed E-state index contributed by atoms with van der Waals surface area (Å²) >= 11 is 0. The molecule has 1 amide bonds. The molecule has 1 saturated heterocycles. The number of sulfonamides is 1. The molecule has 150 valence electrons. The summed E-state index contributed by atoms with van der Waals surface area (Å²) in [5.41, 5.74) is 0. The first-order valence-corrected chi connectivity index (χ1v) is 10.9. The second kappa shape index (κ2) is 8.23. The van der Waals surface area contributed by atoms with Crippen molar-refractivity contribution in [1.29, 1.82) is 0 Å². The van der Waals surface area contributed by atoms with Crippen LogP contribution in [-0.2, 0) is 14.8 Å². The Kier molecular flexibility index (Phi) is 5.51. The molecule has 0 saturated carbocycles. The number of amides is 1. The van der Waals surface area contributed by atoms with Crippen molar-refractivity contribution < 1.29 is 17.9 Å². The molecular formula is C22H22N2O4S. The Morgan fingerprint density at radius 1 is 0.828 bits per heavy atom. The lowest BCUT2D eigenvalue weighted by molar-refractivity contribution is -0.134. The molecule has 1 aliphatic rings. The predicted octanol–water partition coefficient (Wildman–Crippen LogP) is 2.75. The van der Waals surface area contributed by atoms with Crippen LogP contribution in [0.1, 0.15) is 0 Å². The van der Waals surface area contributed by atoms with E-state index in [2.05, 4.69) is 0 Å². The first-order valence-electron chi connectivity index (χ1n) is 9.49. The van der Waals surface area contributed by atoms with Crippen molar-refractivity contribution in [3.05, 3.63) is 72.8 Å². The van der Waals surface area contributed by atoms with Crippen LogP contribution >= 0.6 is 0 Å². The molecule has 0 N–H and O–H groups in total. The van der Waals surface area contributed by atoms with Crippen LogP contribution in [0, 0.1) is 0 Å². The largest absolute Gasteiger partial charge is 0.484 e. The van der Waals surface area contributed by atoms with E-state index in [-0.39, 0.29) is 30.5 Å². The van der Waals surface area contributed by atoms with Gasteiger partial charge in [0.15, 0.2) is 6.61 Å². The number of fused-ring (bicyclic) bond motifs is 1. The van der Waals surface area contributed by atoms with E-state index in [0.717, 1.165) is 10.8 Å². The average Bonchev–Trinajstić information content (AvgIpc) is 2.78. The molecule has 1 fully saturated rings. The molecule has 6 nitrogen and oxygen atoms in total. The molecule has 3 aromatic rings. The molecule has 0 aliphatic carbocycles. The molecule has 3 aromatic carbocycles. The number of ether oxygens (including phenoxy) is 1. The first-order chi connectivity index (χ1) is 14.0. The Labute approximate surface area is 170 Å². The van der Waals surface area contributed by atoms with Crippen molar-refractivity contribution in [2.75, 3.05) is 32.8 Å². The van der Waals surface area contributed by atoms with Crippen molar-refractivity contribution in [2.45, 2.75) is 4.90 Å². The third-order valence-electron chi connectivity index (χ3n) is 5.06. The van der Waals surface area contributed by atoms with Gasteiger partial charge in [0.25, 0.3) is 5.91 Å². The molecule has 29 heavy (non-hydrogen) atoms. The standard InChI is InChI=1S/C22H22N2O4S/c25-22(17-28-20-11-10-18-6-4-5-7-19(18)16-20)23-12-14-24(15-13-23)29(26,27)21-8-2-1-3-9-21/h1-11,16H,12-15,17H2. The minimum atomic E-state index is -3.52. The van der Waals surface area contributed by atoms with Gasteiger partial charge in [-0.25, -0.2) is 8.42 Å². The van der Waals surface area contributed by atoms with Crippen molar-refractivity contribution in [1.82, 2.24) is 9.21 Å². The lowest BCUT2D eigenvalue weighted by atomic mass is 10.1.